The summed E-state index contributed by atoms with van der Waals surface area (Å²) >= 11 is 0. The number of carbonyl (C=O) groups excluding carboxylic acids is 1. The number of carboxylic acid groups (broad SMARTS) is 1. The molecule has 2 heterocycles. The standard InChI is InChI=1S/C15H22N2O4/c1-11-4-5-12(21-11)10-16(3)14(20)17-8-6-15(2,7-9-17)13(18)19/h4-5H,6-10H2,1-3H3,(H,18,19). The van der Waals surface area contributed by atoms with Gasteiger partial charge in [-0.25, -0.2) is 4.79 Å². The Bertz CT molecular complexity index is 530. The Morgan fingerprint density at radius 2 is 2.00 bits per heavy atom. The summed E-state index contributed by atoms with van der Waals surface area (Å²) in [6.45, 7) is 4.97. The second-order valence-corrected chi connectivity index (χ2v) is 6.00. The zero-order valence-corrected chi connectivity index (χ0v) is 12.8. The van der Waals surface area contributed by atoms with Crippen molar-refractivity contribution in [2.75, 3.05) is 20.1 Å². The number of carboxylic acids is 1. The summed E-state index contributed by atoms with van der Waals surface area (Å²) in [5.41, 5.74) is -0.715. The van der Waals surface area contributed by atoms with Gasteiger partial charge in [-0.15, -0.1) is 0 Å². The van der Waals surface area contributed by atoms with Gasteiger partial charge < -0.3 is 19.3 Å². The summed E-state index contributed by atoms with van der Waals surface area (Å²) < 4.78 is 5.47. The Hall–Kier alpha value is -1.98. The second-order valence-electron chi connectivity index (χ2n) is 6.00. The molecule has 1 aromatic rings. The molecule has 0 atom stereocenters. The molecular weight excluding hydrogens is 272 g/mol. The van der Waals surface area contributed by atoms with E-state index in [0.29, 0.717) is 32.5 Å². The number of hydrogen-bond donors (Lipinski definition) is 1. The van der Waals surface area contributed by atoms with Crippen LogP contribution in [0.3, 0.4) is 0 Å². The smallest absolute Gasteiger partial charge is 0.320 e. The first kappa shape index (κ1) is 15.4. The fourth-order valence-corrected chi connectivity index (χ4v) is 2.52. The van der Waals surface area contributed by atoms with Crippen molar-refractivity contribution in [3.05, 3.63) is 23.7 Å². The lowest BCUT2D eigenvalue weighted by molar-refractivity contribution is -0.150. The number of rotatable bonds is 3. The van der Waals surface area contributed by atoms with Gasteiger partial charge in [-0.05, 0) is 38.8 Å². The van der Waals surface area contributed by atoms with Crippen molar-refractivity contribution in [2.45, 2.75) is 33.2 Å². The van der Waals surface area contributed by atoms with E-state index >= 15 is 0 Å². The van der Waals surface area contributed by atoms with Crippen LogP contribution in [0, 0.1) is 12.3 Å². The van der Waals surface area contributed by atoms with Crippen molar-refractivity contribution >= 4 is 12.0 Å². The molecule has 0 aromatic carbocycles. The number of aryl methyl sites for hydroxylation is 1. The first-order valence-corrected chi connectivity index (χ1v) is 7.10. The van der Waals surface area contributed by atoms with E-state index < -0.39 is 11.4 Å². The van der Waals surface area contributed by atoms with Crippen LogP contribution in [0.2, 0.25) is 0 Å². The molecule has 1 saturated heterocycles. The molecule has 0 spiro atoms. The zero-order chi connectivity index (χ0) is 15.6. The van der Waals surface area contributed by atoms with Crippen molar-refractivity contribution in [3.63, 3.8) is 0 Å². The number of piperidine rings is 1. The largest absolute Gasteiger partial charge is 0.481 e. The first-order valence-electron chi connectivity index (χ1n) is 7.10. The van der Waals surface area contributed by atoms with Gasteiger partial charge in [0.2, 0.25) is 0 Å². The summed E-state index contributed by atoms with van der Waals surface area (Å²) in [6, 6.07) is 3.64. The number of urea groups is 1. The van der Waals surface area contributed by atoms with Gasteiger partial charge in [0, 0.05) is 20.1 Å². The van der Waals surface area contributed by atoms with Crippen LogP contribution in [-0.4, -0.2) is 47.0 Å². The van der Waals surface area contributed by atoms with Gasteiger partial charge in [0.15, 0.2) is 0 Å². The van der Waals surface area contributed by atoms with Crippen LogP contribution >= 0.6 is 0 Å². The Balaban J connectivity index is 1.91. The average molecular weight is 294 g/mol. The molecular formula is C15H22N2O4. The molecule has 0 radical (unpaired) electrons. The van der Waals surface area contributed by atoms with Crippen molar-refractivity contribution in [3.8, 4) is 0 Å². The number of amides is 2. The van der Waals surface area contributed by atoms with E-state index in [1.165, 1.54) is 0 Å². The lowest BCUT2D eigenvalue weighted by Gasteiger charge is -2.37. The third-order valence-corrected chi connectivity index (χ3v) is 4.17. The summed E-state index contributed by atoms with van der Waals surface area (Å²) in [5.74, 6) is 0.783. The highest BCUT2D eigenvalue weighted by Gasteiger charge is 2.38. The van der Waals surface area contributed by atoms with Gasteiger partial charge in [-0.3, -0.25) is 4.79 Å². The Morgan fingerprint density at radius 1 is 1.38 bits per heavy atom. The number of likely N-dealkylation sites (tertiary alicyclic amines) is 1. The SMILES string of the molecule is Cc1ccc(CN(C)C(=O)N2CCC(C)(C(=O)O)CC2)o1. The highest BCUT2D eigenvalue weighted by molar-refractivity contribution is 5.76. The molecule has 1 aliphatic rings. The van der Waals surface area contributed by atoms with E-state index in [0.717, 1.165) is 11.5 Å². The van der Waals surface area contributed by atoms with Crippen molar-refractivity contribution in [1.82, 2.24) is 9.80 Å². The van der Waals surface area contributed by atoms with Gasteiger partial charge in [-0.2, -0.15) is 0 Å². The zero-order valence-electron chi connectivity index (χ0n) is 12.8. The molecule has 1 fully saturated rings. The molecule has 6 heteroatoms. The summed E-state index contributed by atoms with van der Waals surface area (Å²) in [4.78, 5) is 26.9. The van der Waals surface area contributed by atoms with E-state index in [9.17, 15) is 14.7 Å². The minimum atomic E-state index is -0.783. The second kappa shape index (κ2) is 5.79. The molecule has 1 aliphatic heterocycles. The number of hydrogen-bond acceptors (Lipinski definition) is 3. The van der Waals surface area contributed by atoms with Crippen LogP contribution in [0.5, 0.6) is 0 Å². The van der Waals surface area contributed by atoms with Gasteiger partial charge in [-0.1, -0.05) is 0 Å². The first-order chi connectivity index (χ1) is 9.82. The van der Waals surface area contributed by atoms with Crippen molar-refractivity contribution in [2.24, 2.45) is 5.41 Å². The van der Waals surface area contributed by atoms with Gasteiger partial charge in [0.05, 0.1) is 12.0 Å². The molecule has 2 amide bonds. The van der Waals surface area contributed by atoms with Crippen LogP contribution in [0.4, 0.5) is 4.79 Å². The molecule has 116 valence electrons. The summed E-state index contributed by atoms with van der Waals surface area (Å²) in [5, 5.41) is 9.20. The molecule has 1 aromatic heterocycles. The van der Waals surface area contributed by atoms with E-state index in [4.69, 9.17) is 4.42 Å². The highest BCUT2D eigenvalue weighted by atomic mass is 16.4. The monoisotopic (exact) mass is 294 g/mol. The maximum Gasteiger partial charge on any atom is 0.320 e. The van der Waals surface area contributed by atoms with E-state index in [-0.39, 0.29) is 6.03 Å². The topological polar surface area (TPSA) is 74.0 Å². The van der Waals surface area contributed by atoms with Crippen LogP contribution in [0.25, 0.3) is 0 Å². The molecule has 0 unspecified atom stereocenters. The lowest BCUT2D eigenvalue weighted by atomic mass is 9.80. The summed E-state index contributed by atoms with van der Waals surface area (Å²) in [6.07, 6.45) is 0.976. The number of nitrogens with zero attached hydrogens (tertiary/aromatic N) is 2. The van der Waals surface area contributed by atoms with Gasteiger partial charge >= 0.3 is 12.0 Å². The molecule has 0 bridgehead atoms. The minimum Gasteiger partial charge on any atom is -0.481 e. The maximum absolute atomic E-state index is 12.4. The van der Waals surface area contributed by atoms with Crippen LogP contribution in [-0.2, 0) is 11.3 Å². The molecule has 21 heavy (non-hydrogen) atoms. The Morgan fingerprint density at radius 3 is 2.48 bits per heavy atom. The molecule has 2 rings (SSSR count). The third kappa shape index (κ3) is 3.37. The lowest BCUT2D eigenvalue weighted by Crippen LogP contribution is -2.48. The van der Waals surface area contributed by atoms with E-state index in [1.54, 1.807) is 23.8 Å². The van der Waals surface area contributed by atoms with E-state index in [2.05, 4.69) is 0 Å². The number of carbonyl (C=O) groups is 2. The third-order valence-electron chi connectivity index (χ3n) is 4.17. The van der Waals surface area contributed by atoms with Crippen LogP contribution in [0.15, 0.2) is 16.5 Å². The van der Waals surface area contributed by atoms with Crippen LogP contribution < -0.4 is 0 Å². The predicted molar refractivity (Wildman–Crippen MR) is 76.9 cm³/mol. The average Bonchev–Trinajstić information content (AvgIpc) is 2.84. The fourth-order valence-electron chi connectivity index (χ4n) is 2.52. The Kier molecular flexibility index (Phi) is 4.25. The molecule has 1 N–H and O–H groups in total. The molecule has 6 nitrogen and oxygen atoms in total. The molecule has 0 aliphatic carbocycles. The number of aliphatic carboxylic acids is 1. The maximum atomic E-state index is 12.4. The number of furan rings is 1. The van der Waals surface area contributed by atoms with E-state index in [1.807, 2.05) is 19.1 Å². The predicted octanol–water partition coefficient (Wildman–Crippen LogP) is 2.33. The highest BCUT2D eigenvalue weighted by Crippen LogP contribution is 2.31. The van der Waals surface area contributed by atoms with Gasteiger partial charge in [0.25, 0.3) is 0 Å². The fraction of sp³-hybridized carbons (Fsp3) is 0.600. The van der Waals surface area contributed by atoms with Crippen molar-refractivity contribution < 1.29 is 19.1 Å². The van der Waals surface area contributed by atoms with Crippen LogP contribution in [0.1, 0.15) is 31.3 Å². The normalized spacial score (nSPS) is 17.6. The van der Waals surface area contributed by atoms with Crippen molar-refractivity contribution in [1.29, 1.82) is 0 Å². The minimum absolute atomic E-state index is 0.0866. The Labute approximate surface area is 124 Å². The molecule has 0 saturated carbocycles. The van der Waals surface area contributed by atoms with Gasteiger partial charge in [0.1, 0.15) is 11.5 Å². The summed E-state index contributed by atoms with van der Waals surface area (Å²) in [7, 11) is 1.73. The quantitative estimate of drug-likeness (QED) is 0.928.